The van der Waals surface area contributed by atoms with E-state index in [1.165, 1.54) is 5.56 Å². The van der Waals surface area contributed by atoms with Gasteiger partial charge in [0.25, 0.3) is 0 Å². The Morgan fingerprint density at radius 3 is 2.68 bits per heavy atom. The fraction of sp³-hybridized carbons (Fsp3) is 0.333. The highest BCUT2D eigenvalue weighted by Crippen LogP contribution is 2.14. The van der Waals surface area contributed by atoms with Crippen LogP contribution in [0.15, 0.2) is 60.9 Å². The zero-order valence-corrected chi connectivity index (χ0v) is 14.7. The van der Waals surface area contributed by atoms with Gasteiger partial charge in [-0.2, -0.15) is 0 Å². The highest BCUT2D eigenvalue weighted by atomic mass is 16.2. The number of carbonyl (C=O) groups excluding carboxylic acids is 1. The van der Waals surface area contributed by atoms with Crippen LogP contribution in [0.25, 0.3) is 6.08 Å². The molecule has 2 aromatic rings. The van der Waals surface area contributed by atoms with Crippen LogP contribution in [0.4, 0.5) is 0 Å². The predicted molar refractivity (Wildman–Crippen MR) is 101 cm³/mol. The maximum atomic E-state index is 12.6. The average molecular weight is 335 g/mol. The van der Waals surface area contributed by atoms with E-state index in [0.717, 1.165) is 38.2 Å². The van der Waals surface area contributed by atoms with E-state index in [0.29, 0.717) is 0 Å². The maximum absolute atomic E-state index is 12.6. The maximum Gasteiger partial charge on any atom is 0.246 e. The highest BCUT2D eigenvalue weighted by molar-refractivity contribution is 5.92. The summed E-state index contributed by atoms with van der Waals surface area (Å²) >= 11 is 0. The Balaban J connectivity index is 1.60. The van der Waals surface area contributed by atoms with Gasteiger partial charge < -0.3 is 4.90 Å². The van der Waals surface area contributed by atoms with E-state index < -0.39 is 0 Å². The Labute approximate surface area is 149 Å². The molecule has 1 aliphatic heterocycles. The molecule has 2 heterocycles. The number of aromatic nitrogens is 1. The Morgan fingerprint density at radius 2 is 1.92 bits per heavy atom. The van der Waals surface area contributed by atoms with Crippen LogP contribution in [0.2, 0.25) is 0 Å². The van der Waals surface area contributed by atoms with Crippen LogP contribution in [0.3, 0.4) is 0 Å². The van der Waals surface area contributed by atoms with Gasteiger partial charge in [0.05, 0.1) is 0 Å². The molecule has 1 atom stereocenters. The topological polar surface area (TPSA) is 36.4 Å². The molecule has 4 heteroatoms. The molecule has 3 rings (SSSR count). The molecular formula is C21H25N3O. The molecule has 0 N–H and O–H groups in total. The highest BCUT2D eigenvalue weighted by Gasteiger charge is 2.24. The van der Waals surface area contributed by atoms with Gasteiger partial charge in [0.15, 0.2) is 0 Å². The third kappa shape index (κ3) is 5.00. The molecule has 4 nitrogen and oxygen atoms in total. The van der Waals surface area contributed by atoms with E-state index in [1.54, 1.807) is 18.5 Å². The standard InChI is InChI=1S/C21H25N3O/c1-18-16-23(17-20-6-3-2-4-7-20)14-5-15-24(18)21(25)9-8-19-10-12-22-13-11-19/h2-4,6-13,18H,5,14-17H2,1H3/b9-8-/t18-/m0/s1. The minimum Gasteiger partial charge on any atom is -0.335 e. The first-order valence-corrected chi connectivity index (χ1v) is 8.87. The Kier molecular flexibility index (Phi) is 5.96. The minimum absolute atomic E-state index is 0.0888. The third-order valence-corrected chi connectivity index (χ3v) is 4.58. The molecule has 1 saturated heterocycles. The van der Waals surface area contributed by atoms with Crippen molar-refractivity contribution < 1.29 is 4.79 Å². The Hall–Kier alpha value is -2.46. The quantitative estimate of drug-likeness (QED) is 0.805. The van der Waals surface area contributed by atoms with Crippen molar-refractivity contribution in [3.05, 3.63) is 72.1 Å². The lowest BCUT2D eigenvalue weighted by Crippen LogP contribution is -2.41. The van der Waals surface area contributed by atoms with Crippen LogP contribution in [0.1, 0.15) is 24.5 Å². The summed E-state index contributed by atoms with van der Waals surface area (Å²) in [4.78, 5) is 21.0. The van der Waals surface area contributed by atoms with Crippen molar-refractivity contribution in [3.8, 4) is 0 Å². The van der Waals surface area contributed by atoms with Crippen LogP contribution in [0, 0.1) is 0 Å². The molecule has 1 aromatic heterocycles. The molecule has 25 heavy (non-hydrogen) atoms. The van der Waals surface area contributed by atoms with E-state index in [9.17, 15) is 4.79 Å². The summed E-state index contributed by atoms with van der Waals surface area (Å²) in [6, 6.07) is 14.5. The monoisotopic (exact) mass is 335 g/mol. The van der Waals surface area contributed by atoms with Crippen molar-refractivity contribution >= 4 is 12.0 Å². The summed E-state index contributed by atoms with van der Waals surface area (Å²) in [6.45, 7) is 5.83. The minimum atomic E-state index is 0.0888. The molecule has 1 fully saturated rings. The lowest BCUT2D eigenvalue weighted by Gasteiger charge is -2.28. The normalized spacial score (nSPS) is 19.1. The van der Waals surface area contributed by atoms with Gasteiger partial charge in [0, 0.05) is 50.7 Å². The first kappa shape index (κ1) is 17.4. The average Bonchev–Trinajstić information content (AvgIpc) is 2.82. The zero-order chi connectivity index (χ0) is 17.5. The van der Waals surface area contributed by atoms with Crippen LogP contribution >= 0.6 is 0 Å². The molecule has 0 bridgehead atoms. The fourth-order valence-corrected chi connectivity index (χ4v) is 3.30. The summed E-state index contributed by atoms with van der Waals surface area (Å²) in [5.74, 6) is 0.0888. The third-order valence-electron chi connectivity index (χ3n) is 4.58. The number of pyridine rings is 1. The van der Waals surface area contributed by atoms with Crippen molar-refractivity contribution in [2.45, 2.75) is 25.9 Å². The van der Waals surface area contributed by atoms with E-state index in [2.05, 4.69) is 41.1 Å². The number of carbonyl (C=O) groups is 1. The van der Waals surface area contributed by atoms with Crippen molar-refractivity contribution in [1.82, 2.24) is 14.8 Å². The largest absolute Gasteiger partial charge is 0.335 e. The molecule has 0 saturated carbocycles. The summed E-state index contributed by atoms with van der Waals surface area (Å²) in [5.41, 5.74) is 2.32. The molecule has 0 aliphatic carbocycles. The molecule has 0 radical (unpaired) electrons. The molecule has 0 unspecified atom stereocenters. The van der Waals surface area contributed by atoms with E-state index in [4.69, 9.17) is 0 Å². The summed E-state index contributed by atoms with van der Waals surface area (Å²) in [7, 11) is 0. The Bertz CT molecular complexity index is 700. The Morgan fingerprint density at radius 1 is 1.16 bits per heavy atom. The van der Waals surface area contributed by atoms with Crippen LogP contribution in [0.5, 0.6) is 0 Å². The van der Waals surface area contributed by atoms with E-state index in [-0.39, 0.29) is 11.9 Å². The second-order valence-electron chi connectivity index (χ2n) is 6.57. The summed E-state index contributed by atoms with van der Waals surface area (Å²) in [5, 5.41) is 0. The predicted octanol–water partition coefficient (Wildman–Crippen LogP) is 3.22. The molecule has 130 valence electrons. The SMILES string of the molecule is C[C@H]1CN(Cc2ccccc2)CCCN1C(=O)/C=C\c1ccncc1. The van der Waals surface area contributed by atoms with Crippen molar-refractivity contribution in [2.24, 2.45) is 0 Å². The van der Waals surface area contributed by atoms with Crippen molar-refractivity contribution in [3.63, 3.8) is 0 Å². The van der Waals surface area contributed by atoms with Gasteiger partial charge in [-0.25, -0.2) is 0 Å². The number of benzene rings is 1. The van der Waals surface area contributed by atoms with E-state index >= 15 is 0 Å². The van der Waals surface area contributed by atoms with Gasteiger partial charge >= 0.3 is 0 Å². The number of nitrogens with zero attached hydrogens (tertiary/aromatic N) is 3. The van der Waals surface area contributed by atoms with Gasteiger partial charge in [-0.05, 0) is 42.7 Å². The summed E-state index contributed by atoms with van der Waals surface area (Å²) in [6.07, 6.45) is 8.02. The number of amides is 1. The van der Waals surface area contributed by atoms with Gasteiger partial charge in [0.2, 0.25) is 5.91 Å². The lowest BCUT2D eigenvalue weighted by molar-refractivity contribution is -0.127. The van der Waals surface area contributed by atoms with Crippen LogP contribution in [-0.4, -0.2) is 46.4 Å². The second kappa shape index (κ2) is 8.58. The molecular weight excluding hydrogens is 310 g/mol. The van der Waals surface area contributed by atoms with Crippen molar-refractivity contribution in [2.75, 3.05) is 19.6 Å². The van der Waals surface area contributed by atoms with Crippen molar-refractivity contribution in [1.29, 1.82) is 0 Å². The van der Waals surface area contributed by atoms with Gasteiger partial charge in [-0.3, -0.25) is 14.7 Å². The summed E-state index contributed by atoms with van der Waals surface area (Å²) < 4.78 is 0. The number of hydrogen-bond donors (Lipinski definition) is 0. The smallest absolute Gasteiger partial charge is 0.246 e. The van der Waals surface area contributed by atoms with E-state index in [1.807, 2.05) is 29.2 Å². The molecule has 1 aliphatic rings. The van der Waals surface area contributed by atoms with Gasteiger partial charge in [-0.15, -0.1) is 0 Å². The van der Waals surface area contributed by atoms with Crippen LogP contribution in [-0.2, 0) is 11.3 Å². The second-order valence-corrected chi connectivity index (χ2v) is 6.57. The number of hydrogen-bond acceptors (Lipinski definition) is 3. The van der Waals surface area contributed by atoms with Gasteiger partial charge in [-0.1, -0.05) is 30.3 Å². The molecule has 1 aromatic carbocycles. The fourth-order valence-electron chi connectivity index (χ4n) is 3.30. The number of rotatable bonds is 4. The zero-order valence-electron chi connectivity index (χ0n) is 14.7. The lowest BCUT2D eigenvalue weighted by atomic mass is 10.2. The van der Waals surface area contributed by atoms with Crippen LogP contribution < -0.4 is 0 Å². The first-order chi connectivity index (χ1) is 12.2. The first-order valence-electron chi connectivity index (χ1n) is 8.87. The van der Waals surface area contributed by atoms with Gasteiger partial charge in [0.1, 0.15) is 0 Å². The molecule has 0 spiro atoms. The molecule has 1 amide bonds.